The Balaban J connectivity index is 1.42. The smallest absolute Gasteiger partial charge is 0.257 e. The molecule has 8 nitrogen and oxygen atoms in total. The summed E-state index contributed by atoms with van der Waals surface area (Å²) in [6.45, 7) is 2.52. The summed E-state index contributed by atoms with van der Waals surface area (Å²) in [5.74, 6) is 0.460. The number of hydrogen-bond donors (Lipinski definition) is 1. The normalized spacial score (nSPS) is 10.5. The Bertz CT molecular complexity index is 785. The molecule has 2 aromatic heterocycles. The Morgan fingerprint density at radius 3 is 2.83 bits per heavy atom. The zero-order valence-corrected chi connectivity index (χ0v) is 13.9. The van der Waals surface area contributed by atoms with Crippen LogP contribution in [0.2, 0.25) is 0 Å². The molecule has 0 aliphatic carbocycles. The van der Waals surface area contributed by atoms with Crippen LogP contribution in [0.25, 0.3) is 5.69 Å². The average molecular weight is 344 g/mol. The van der Waals surface area contributed by atoms with Gasteiger partial charge < -0.3 is 10.1 Å². The fourth-order valence-corrected chi connectivity index (χ4v) is 2.84. The van der Waals surface area contributed by atoms with Crippen molar-refractivity contribution in [2.45, 2.75) is 13.3 Å². The summed E-state index contributed by atoms with van der Waals surface area (Å²) in [7, 11) is 0. The molecular weight excluding hydrogens is 328 g/mol. The van der Waals surface area contributed by atoms with Gasteiger partial charge in [-0.3, -0.25) is 4.79 Å². The minimum atomic E-state index is -0.151. The van der Waals surface area contributed by atoms with Gasteiger partial charge in [0, 0.05) is 17.8 Å². The molecular formula is C15H16N6O2S. The first kappa shape index (κ1) is 16.1. The van der Waals surface area contributed by atoms with E-state index in [2.05, 4.69) is 25.8 Å². The number of nitrogens with one attached hydrogen (secondary N) is 1. The summed E-state index contributed by atoms with van der Waals surface area (Å²) in [5.41, 5.74) is 3.65. The number of benzene rings is 1. The molecule has 1 amide bonds. The number of nitrogens with zero attached hydrogens (tertiary/aromatic N) is 5. The Hall–Kier alpha value is -2.81. The van der Waals surface area contributed by atoms with Crippen LogP contribution in [0, 0.1) is 6.92 Å². The van der Waals surface area contributed by atoms with E-state index < -0.39 is 0 Å². The lowest BCUT2D eigenvalue weighted by atomic mass is 10.3. The molecule has 3 aromatic rings. The number of amides is 1. The summed E-state index contributed by atoms with van der Waals surface area (Å²) < 4.78 is 7.01. The van der Waals surface area contributed by atoms with Gasteiger partial charge in [-0.25, -0.2) is 9.67 Å². The lowest BCUT2D eigenvalue weighted by Crippen LogP contribution is -2.30. The first-order valence-electron chi connectivity index (χ1n) is 7.34. The number of thiazole rings is 1. The fourth-order valence-electron chi connectivity index (χ4n) is 2.06. The van der Waals surface area contributed by atoms with Gasteiger partial charge in [0.1, 0.15) is 12.1 Å². The van der Waals surface area contributed by atoms with E-state index in [-0.39, 0.29) is 12.5 Å². The second kappa shape index (κ2) is 7.64. The number of aromatic nitrogens is 5. The zero-order chi connectivity index (χ0) is 16.8. The highest BCUT2D eigenvalue weighted by Crippen LogP contribution is 2.14. The zero-order valence-electron chi connectivity index (χ0n) is 13.0. The van der Waals surface area contributed by atoms with Crippen molar-refractivity contribution in [3.63, 3.8) is 0 Å². The number of carbonyl (C=O) groups is 1. The molecule has 0 aliphatic rings. The molecule has 1 N–H and O–H groups in total. The van der Waals surface area contributed by atoms with E-state index in [4.69, 9.17) is 4.74 Å². The van der Waals surface area contributed by atoms with Gasteiger partial charge in [0.2, 0.25) is 0 Å². The number of carbonyl (C=O) groups excluding carboxylic acids is 1. The van der Waals surface area contributed by atoms with Gasteiger partial charge in [0.25, 0.3) is 5.91 Å². The Kier molecular flexibility index (Phi) is 5.12. The number of tetrazole rings is 1. The minimum absolute atomic E-state index is 0.0219. The first-order valence-corrected chi connectivity index (χ1v) is 8.22. The highest BCUT2D eigenvalue weighted by atomic mass is 32.1. The molecule has 0 fully saturated rings. The van der Waals surface area contributed by atoms with Crippen molar-refractivity contribution in [3.05, 3.63) is 46.7 Å². The van der Waals surface area contributed by atoms with Crippen molar-refractivity contribution < 1.29 is 9.53 Å². The van der Waals surface area contributed by atoms with Crippen LogP contribution in [-0.4, -0.2) is 44.3 Å². The molecule has 1 aromatic carbocycles. The van der Waals surface area contributed by atoms with Crippen LogP contribution in [0.15, 0.2) is 36.1 Å². The maximum atomic E-state index is 11.8. The van der Waals surface area contributed by atoms with E-state index in [0.717, 1.165) is 17.8 Å². The Labute approximate surface area is 142 Å². The monoisotopic (exact) mass is 344 g/mol. The quantitative estimate of drug-likeness (QED) is 0.691. The van der Waals surface area contributed by atoms with E-state index in [1.54, 1.807) is 23.5 Å². The molecule has 9 heteroatoms. The van der Waals surface area contributed by atoms with Gasteiger partial charge in [-0.1, -0.05) is 0 Å². The van der Waals surface area contributed by atoms with Crippen LogP contribution >= 0.6 is 11.3 Å². The molecule has 0 aliphatic heterocycles. The van der Waals surface area contributed by atoms with E-state index in [0.29, 0.717) is 12.3 Å². The van der Waals surface area contributed by atoms with Crippen molar-refractivity contribution >= 4 is 17.2 Å². The molecule has 0 radical (unpaired) electrons. The van der Waals surface area contributed by atoms with Crippen molar-refractivity contribution in [2.24, 2.45) is 0 Å². The molecule has 0 unspecified atom stereocenters. The third-order valence-electron chi connectivity index (χ3n) is 3.34. The van der Waals surface area contributed by atoms with Gasteiger partial charge in [0.05, 0.1) is 16.9 Å². The predicted molar refractivity (Wildman–Crippen MR) is 88.2 cm³/mol. The highest BCUT2D eigenvalue weighted by molar-refractivity contribution is 7.09. The number of hydrogen-bond acceptors (Lipinski definition) is 7. The molecule has 0 saturated heterocycles. The van der Waals surface area contributed by atoms with Gasteiger partial charge in [-0.15, -0.1) is 16.4 Å². The van der Waals surface area contributed by atoms with Crippen molar-refractivity contribution in [1.82, 2.24) is 30.5 Å². The highest BCUT2D eigenvalue weighted by Gasteiger charge is 2.05. The molecule has 24 heavy (non-hydrogen) atoms. The molecule has 0 atom stereocenters. The maximum Gasteiger partial charge on any atom is 0.257 e. The van der Waals surface area contributed by atoms with Crippen LogP contribution in [0.3, 0.4) is 0 Å². The van der Waals surface area contributed by atoms with E-state index in [1.165, 1.54) is 15.9 Å². The lowest BCUT2D eigenvalue weighted by molar-refractivity contribution is -0.123. The van der Waals surface area contributed by atoms with Gasteiger partial charge in [-0.05, 0) is 41.6 Å². The van der Waals surface area contributed by atoms with E-state index in [9.17, 15) is 4.79 Å². The van der Waals surface area contributed by atoms with Crippen LogP contribution in [0.1, 0.15) is 10.6 Å². The Morgan fingerprint density at radius 2 is 2.17 bits per heavy atom. The number of rotatable bonds is 7. The summed E-state index contributed by atoms with van der Waals surface area (Å²) >= 11 is 1.60. The second-order valence-corrected chi connectivity index (χ2v) is 5.94. The van der Waals surface area contributed by atoms with Gasteiger partial charge >= 0.3 is 0 Å². The average Bonchev–Trinajstić information content (AvgIpc) is 3.26. The molecule has 0 spiro atoms. The van der Waals surface area contributed by atoms with Crippen molar-refractivity contribution in [2.75, 3.05) is 13.2 Å². The molecule has 3 rings (SSSR count). The molecule has 0 saturated carbocycles. The van der Waals surface area contributed by atoms with Crippen LogP contribution < -0.4 is 10.1 Å². The first-order chi connectivity index (χ1) is 11.7. The van der Waals surface area contributed by atoms with E-state index in [1.807, 2.05) is 24.6 Å². The Morgan fingerprint density at radius 1 is 1.33 bits per heavy atom. The van der Waals surface area contributed by atoms with Crippen LogP contribution in [0.5, 0.6) is 5.75 Å². The van der Waals surface area contributed by atoms with Gasteiger partial charge in [-0.2, -0.15) is 0 Å². The summed E-state index contributed by atoms with van der Waals surface area (Å²) in [6, 6.07) is 7.17. The molecule has 2 heterocycles. The fraction of sp³-hybridized carbons (Fsp3) is 0.267. The predicted octanol–water partition coefficient (Wildman–Crippen LogP) is 1.16. The molecule has 124 valence electrons. The van der Waals surface area contributed by atoms with Crippen LogP contribution in [-0.2, 0) is 11.2 Å². The van der Waals surface area contributed by atoms with Gasteiger partial charge in [0.15, 0.2) is 6.61 Å². The van der Waals surface area contributed by atoms with Crippen LogP contribution in [0.4, 0.5) is 0 Å². The lowest BCUT2D eigenvalue weighted by Gasteiger charge is -2.08. The van der Waals surface area contributed by atoms with Crippen molar-refractivity contribution in [3.8, 4) is 11.4 Å². The SMILES string of the molecule is Cc1ncsc1CCNC(=O)COc1ccc(-n2cnnn2)cc1. The number of aryl methyl sites for hydroxylation is 1. The number of ether oxygens (including phenoxy) is 1. The topological polar surface area (TPSA) is 94.8 Å². The molecule has 0 bridgehead atoms. The largest absolute Gasteiger partial charge is 0.484 e. The minimum Gasteiger partial charge on any atom is -0.484 e. The third-order valence-corrected chi connectivity index (χ3v) is 4.33. The maximum absolute atomic E-state index is 11.8. The standard InChI is InChI=1S/C15H16N6O2S/c1-11-14(24-10-17-11)6-7-16-15(22)8-23-13-4-2-12(3-5-13)21-9-18-19-20-21/h2-5,9-10H,6-8H2,1H3,(H,16,22). The second-order valence-electron chi connectivity index (χ2n) is 5.00. The summed E-state index contributed by atoms with van der Waals surface area (Å²) in [6.07, 6.45) is 2.29. The summed E-state index contributed by atoms with van der Waals surface area (Å²) in [5, 5.41) is 13.8. The van der Waals surface area contributed by atoms with Crippen molar-refractivity contribution in [1.29, 1.82) is 0 Å². The van der Waals surface area contributed by atoms with E-state index >= 15 is 0 Å². The summed E-state index contributed by atoms with van der Waals surface area (Å²) in [4.78, 5) is 17.2. The third kappa shape index (κ3) is 4.13.